The molecule has 2 aromatic carbocycles. The van der Waals surface area contributed by atoms with Crippen LogP contribution in [0.4, 0.5) is 11.4 Å². The van der Waals surface area contributed by atoms with E-state index in [2.05, 4.69) is 10.3 Å². The standard InChI is InChI=1S/C18H15N3O4/c1-10-7-13(21(24)25)4-6-15(10)20-18(23)12-3-5-16-14(9-12)17(22)8-11(2)19-16/h3-9H,1-2H3,(H,19,22)(H,20,23). The average Bonchev–Trinajstić information content (AvgIpc) is 2.56. The molecule has 0 saturated heterocycles. The van der Waals surface area contributed by atoms with E-state index < -0.39 is 4.92 Å². The van der Waals surface area contributed by atoms with Gasteiger partial charge in [-0.25, -0.2) is 0 Å². The minimum Gasteiger partial charge on any atom is -0.358 e. The summed E-state index contributed by atoms with van der Waals surface area (Å²) in [7, 11) is 0. The van der Waals surface area contributed by atoms with Gasteiger partial charge in [-0.15, -0.1) is 0 Å². The first-order valence-corrected chi connectivity index (χ1v) is 7.55. The molecule has 0 aliphatic heterocycles. The maximum atomic E-state index is 12.4. The number of nitro groups is 1. The molecule has 0 unspecified atom stereocenters. The predicted molar refractivity (Wildman–Crippen MR) is 95.1 cm³/mol. The Bertz CT molecular complexity index is 1070. The Morgan fingerprint density at radius 3 is 2.56 bits per heavy atom. The van der Waals surface area contributed by atoms with Gasteiger partial charge in [0.05, 0.1) is 4.92 Å². The summed E-state index contributed by atoms with van der Waals surface area (Å²) >= 11 is 0. The van der Waals surface area contributed by atoms with E-state index in [9.17, 15) is 19.7 Å². The van der Waals surface area contributed by atoms with E-state index in [4.69, 9.17) is 0 Å². The maximum Gasteiger partial charge on any atom is 0.269 e. The summed E-state index contributed by atoms with van der Waals surface area (Å²) in [5.74, 6) is -0.390. The number of pyridine rings is 1. The number of aromatic amines is 1. The molecule has 1 amide bonds. The molecule has 0 aliphatic rings. The first kappa shape index (κ1) is 16.4. The molecule has 0 bridgehead atoms. The molecule has 0 fully saturated rings. The van der Waals surface area contributed by atoms with Gasteiger partial charge in [-0.2, -0.15) is 0 Å². The minimum absolute atomic E-state index is 0.0388. The molecule has 126 valence electrons. The van der Waals surface area contributed by atoms with Gasteiger partial charge in [-0.1, -0.05) is 0 Å². The largest absolute Gasteiger partial charge is 0.358 e. The zero-order chi connectivity index (χ0) is 18.1. The predicted octanol–water partition coefficient (Wildman–Crippen LogP) is 3.31. The molecule has 1 heterocycles. The van der Waals surface area contributed by atoms with Crippen LogP contribution in [0.25, 0.3) is 10.9 Å². The number of nitrogens with one attached hydrogen (secondary N) is 2. The summed E-state index contributed by atoms with van der Waals surface area (Å²) in [6, 6.07) is 10.5. The van der Waals surface area contributed by atoms with E-state index in [-0.39, 0.29) is 17.0 Å². The molecule has 0 spiro atoms. The lowest BCUT2D eigenvalue weighted by atomic mass is 10.1. The Morgan fingerprint density at radius 1 is 1.12 bits per heavy atom. The van der Waals surface area contributed by atoms with Gasteiger partial charge in [0.15, 0.2) is 5.43 Å². The number of carbonyl (C=O) groups excluding carboxylic acids is 1. The van der Waals surface area contributed by atoms with Gasteiger partial charge in [0.25, 0.3) is 11.6 Å². The number of non-ortho nitro benzene ring substituents is 1. The Morgan fingerprint density at radius 2 is 1.88 bits per heavy atom. The van der Waals surface area contributed by atoms with Gasteiger partial charge in [-0.05, 0) is 43.7 Å². The van der Waals surface area contributed by atoms with Gasteiger partial charge >= 0.3 is 0 Å². The number of H-pyrrole nitrogens is 1. The van der Waals surface area contributed by atoms with Crippen molar-refractivity contribution in [1.82, 2.24) is 4.98 Å². The second-order valence-electron chi connectivity index (χ2n) is 5.79. The number of anilines is 1. The Labute approximate surface area is 142 Å². The third-order valence-electron chi connectivity index (χ3n) is 3.90. The number of amides is 1. The van der Waals surface area contributed by atoms with Crippen molar-refractivity contribution in [2.24, 2.45) is 0 Å². The number of nitro benzene ring substituents is 1. The first-order chi connectivity index (χ1) is 11.8. The lowest BCUT2D eigenvalue weighted by molar-refractivity contribution is -0.384. The normalized spacial score (nSPS) is 10.6. The number of nitrogens with zero attached hydrogens (tertiary/aromatic N) is 1. The van der Waals surface area contributed by atoms with Crippen LogP contribution in [0, 0.1) is 24.0 Å². The van der Waals surface area contributed by atoms with Crippen molar-refractivity contribution < 1.29 is 9.72 Å². The molecule has 0 saturated carbocycles. The summed E-state index contributed by atoms with van der Waals surface area (Å²) in [6.07, 6.45) is 0. The molecule has 2 N–H and O–H groups in total. The van der Waals surface area contributed by atoms with Crippen LogP contribution >= 0.6 is 0 Å². The van der Waals surface area contributed by atoms with Gasteiger partial charge in [-0.3, -0.25) is 19.7 Å². The van der Waals surface area contributed by atoms with E-state index in [1.807, 2.05) is 0 Å². The maximum absolute atomic E-state index is 12.4. The topological polar surface area (TPSA) is 105 Å². The third kappa shape index (κ3) is 3.25. The zero-order valence-corrected chi connectivity index (χ0v) is 13.6. The summed E-state index contributed by atoms with van der Waals surface area (Å²) in [6.45, 7) is 3.47. The molecule has 7 nitrogen and oxygen atoms in total. The Balaban J connectivity index is 1.92. The van der Waals surface area contributed by atoms with Gasteiger partial charge in [0.2, 0.25) is 0 Å². The van der Waals surface area contributed by atoms with Crippen LogP contribution in [-0.4, -0.2) is 15.8 Å². The summed E-state index contributed by atoms with van der Waals surface area (Å²) in [5, 5.41) is 13.9. The van der Waals surface area contributed by atoms with Crippen molar-refractivity contribution in [3.8, 4) is 0 Å². The second kappa shape index (κ2) is 6.20. The third-order valence-corrected chi connectivity index (χ3v) is 3.90. The van der Waals surface area contributed by atoms with Crippen molar-refractivity contribution in [3.63, 3.8) is 0 Å². The van der Waals surface area contributed by atoms with Crippen molar-refractivity contribution in [2.75, 3.05) is 5.32 Å². The number of hydrogen-bond acceptors (Lipinski definition) is 4. The van der Waals surface area contributed by atoms with E-state index in [0.29, 0.717) is 27.7 Å². The van der Waals surface area contributed by atoms with Crippen LogP contribution in [-0.2, 0) is 0 Å². The molecule has 3 rings (SSSR count). The van der Waals surface area contributed by atoms with Crippen LogP contribution in [0.15, 0.2) is 47.3 Å². The fourth-order valence-electron chi connectivity index (χ4n) is 2.62. The molecule has 0 radical (unpaired) electrons. The zero-order valence-electron chi connectivity index (χ0n) is 13.6. The number of aryl methyl sites for hydroxylation is 2. The molecular formula is C18H15N3O4. The van der Waals surface area contributed by atoms with Crippen molar-refractivity contribution in [2.45, 2.75) is 13.8 Å². The van der Waals surface area contributed by atoms with Crippen LogP contribution in [0.3, 0.4) is 0 Å². The van der Waals surface area contributed by atoms with Crippen LogP contribution < -0.4 is 10.7 Å². The SMILES string of the molecule is Cc1cc(=O)c2cc(C(=O)Nc3ccc([N+](=O)[O-])cc3C)ccc2[nH]1. The molecule has 7 heteroatoms. The molecular weight excluding hydrogens is 322 g/mol. The molecule has 25 heavy (non-hydrogen) atoms. The molecule has 0 atom stereocenters. The lowest BCUT2D eigenvalue weighted by Crippen LogP contribution is -2.14. The average molecular weight is 337 g/mol. The Hall–Kier alpha value is -3.48. The van der Waals surface area contributed by atoms with Gasteiger partial charge in [0, 0.05) is 46.0 Å². The lowest BCUT2D eigenvalue weighted by Gasteiger charge is -2.09. The highest BCUT2D eigenvalue weighted by atomic mass is 16.6. The van der Waals surface area contributed by atoms with E-state index in [1.165, 1.54) is 30.3 Å². The number of fused-ring (bicyclic) bond motifs is 1. The highest BCUT2D eigenvalue weighted by Crippen LogP contribution is 2.22. The quantitative estimate of drug-likeness (QED) is 0.565. The fourth-order valence-corrected chi connectivity index (χ4v) is 2.62. The van der Waals surface area contributed by atoms with Gasteiger partial charge in [0.1, 0.15) is 0 Å². The van der Waals surface area contributed by atoms with Crippen molar-refractivity contribution in [3.05, 3.63) is 79.6 Å². The van der Waals surface area contributed by atoms with Crippen molar-refractivity contribution in [1.29, 1.82) is 0 Å². The second-order valence-corrected chi connectivity index (χ2v) is 5.79. The van der Waals surface area contributed by atoms with Crippen LogP contribution in [0.5, 0.6) is 0 Å². The highest BCUT2D eigenvalue weighted by molar-refractivity contribution is 6.06. The molecule has 3 aromatic rings. The number of aromatic nitrogens is 1. The first-order valence-electron chi connectivity index (χ1n) is 7.55. The van der Waals surface area contributed by atoms with Gasteiger partial charge < -0.3 is 10.3 Å². The summed E-state index contributed by atoms with van der Waals surface area (Å²) < 4.78 is 0. The smallest absolute Gasteiger partial charge is 0.269 e. The highest BCUT2D eigenvalue weighted by Gasteiger charge is 2.12. The molecule has 1 aromatic heterocycles. The summed E-state index contributed by atoms with van der Waals surface area (Å²) in [5.41, 5.74) is 2.60. The summed E-state index contributed by atoms with van der Waals surface area (Å²) in [4.78, 5) is 37.9. The van der Waals surface area contributed by atoms with E-state index in [1.54, 1.807) is 26.0 Å². The Kier molecular flexibility index (Phi) is 4.06. The van der Waals surface area contributed by atoms with Crippen molar-refractivity contribution >= 4 is 28.2 Å². The monoisotopic (exact) mass is 337 g/mol. The number of benzene rings is 2. The number of rotatable bonds is 3. The van der Waals surface area contributed by atoms with E-state index in [0.717, 1.165) is 5.69 Å². The fraction of sp³-hybridized carbons (Fsp3) is 0.111. The van der Waals surface area contributed by atoms with E-state index >= 15 is 0 Å². The number of carbonyl (C=O) groups is 1. The number of hydrogen-bond donors (Lipinski definition) is 2. The minimum atomic E-state index is -0.490. The van der Waals surface area contributed by atoms with Crippen LogP contribution in [0.1, 0.15) is 21.6 Å². The molecule has 0 aliphatic carbocycles. The van der Waals surface area contributed by atoms with Crippen LogP contribution in [0.2, 0.25) is 0 Å².